The minimum atomic E-state index is -0.404. The summed E-state index contributed by atoms with van der Waals surface area (Å²) >= 11 is 0. The van der Waals surface area contributed by atoms with Gasteiger partial charge in [-0.15, -0.1) is 0 Å². The lowest BCUT2D eigenvalue weighted by atomic mass is 9.98. The van der Waals surface area contributed by atoms with Gasteiger partial charge in [0.1, 0.15) is 0 Å². The summed E-state index contributed by atoms with van der Waals surface area (Å²) in [4.78, 5) is 17.8. The van der Waals surface area contributed by atoms with Gasteiger partial charge in [0.05, 0.1) is 12.1 Å². The molecule has 2 N–H and O–H groups in total. The number of aliphatic hydroxyl groups excluding tert-OH is 1. The molecular weight excluding hydrogens is 366 g/mol. The first-order valence-electron chi connectivity index (χ1n) is 11.2. The van der Waals surface area contributed by atoms with Gasteiger partial charge in [-0.2, -0.15) is 0 Å². The van der Waals surface area contributed by atoms with Crippen LogP contribution in [0.4, 0.5) is 0 Å². The summed E-state index contributed by atoms with van der Waals surface area (Å²) in [5.41, 5.74) is 2.32. The Morgan fingerprint density at radius 1 is 1.17 bits per heavy atom. The number of hydrogen-bond acceptors (Lipinski definition) is 5. The Bertz CT molecular complexity index is 684. The highest BCUT2D eigenvalue weighted by Crippen LogP contribution is 2.28. The van der Waals surface area contributed by atoms with E-state index in [0.717, 1.165) is 57.6 Å². The molecule has 0 bridgehead atoms. The first-order chi connectivity index (χ1) is 14.1. The molecule has 3 heterocycles. The molecule has 0 spiro atoms. The molecule has 0 aromatic heterocycles. The first-order valence-corrected chi connectivity index (χ1v) is 11.2. The van der Waals surface area contributed by atoms with Gasteiger partial charge in [0.25, 0.3) is 0 Å². The van der Waals surface area contributed by atoms with Crippen LogP contribution in [0.15, 0.2) is 24.3 Å². The minimum Gasteiger partial charge on any atom is -0.392 e. The molecule has 1 aromatic carbocycles. The topological polar surface area (TPSA) is 65.0 Å². The van der Waals surface area contributed by atoms with Gasteiger partial charge >= 0.3 is 0 Å². The summed E-state index contributed by atoms with van der Waals surface area (Å²) in [5, 5.41) is 13.4. The SMILES string of the molecule is Cc1cccc(CNC(=O)[C@@H]2C[C@@H](O)CN2C2CCN(C3CCOCC3)CC2)c1. The van der Waals surface area contributed by atoms with Crippen molar-refractivity contribution in [3.63, 3.8) is 0 Å². The number of carbonyl (C=O) groups is 1. The molecule has 4 rings (SSSR count). The smallest absolute Gasteiger partial charge is 0.237 e. The fourth-order valence-electron chi connectivity index (χ4n) is 5.26. The number of amides is 1. The second-order valence-corrected chi connectivity index (χ2v) is 8.92. The molecule has 3 aliphatic rings. The second kappa shape index (κ2) is 9.56. The highest BCUT2D eigenvalue weighted by Gasteiger charge is 2.41. The van der Waals surface area contributed by atoms with Crippen molar-refractivity contribution in [3.05, 3.63) is 35.4 Å². The Kier molecular flexibility index (Phi) is 6.85. The Morgan fingerprint density at radius 3 is 2.66 bits per heavy atom. The quantitative estimate of drug-likeness (QED) is 0.786. The van der Waals surface area contributed by atoms with E-state index >= 15 is 0 Å². The number of likely N-dealkylation sites (tertiary alicyclic amines) is 2. The number of ether oxygens (including phenoxy) is 1. The van der Waals surface area contributed by atoms with Gasteiger partial charge in [0.15, 0.2) is 0 Å². The van der Waals surface area contributed by atoms with Gasteiger partial charge in [-0.1, -0.05) is 29.8 Å². The molecule has 3 saturated heterocycles. The zero-order chi connectivity index (χ0) is 20.2. The number of nitrogens with one attached hydrogen (secondary N) is 1. The van der Waals surface area contributed by atoms with Crippen molar-refractivity contribution in [2.75, 3.05) is 32.8 Å². The van der Waals surface area contributed by atoms with Crippen molar-refractivity contribution >= 4 is 5.91 Å². The molecule has 2 atom stereocenters. The number of β-amino-alcohol motifs (C(OH)–C–C–N with tert-alkyl or cyclic N) is 1. The number of aryl methyl sites for hydroxylation is 1. The van der Waals surface area contributed by atoms with Gasteiger partial charge in [-0.05, 0) is 57.7 Å². The number of carbonyl (C=O) groups excluding carboxylic acids is 1. The normalized spacial score (nSPS) is 27.9. The average molecular weight is 402 g/mol. The molecule has 0 radical (unpaired) electrons. The van der Waals surface area contributed by atoms with Crippen molar-refractivity contribution in [3.8, 4) is 0 Å². The van der Waals surface area contributed by atoms with Gasteiger partial charge < -0.3 is 20.1 Å². The third-order valence-corrected chi connectivity index (χ3v) is 6.84. The van der Waals surface area contributed by atoms with E-state index in [1.165, 1.54) is 5.56 Å². The van der Waals surface area contributed by atoms with Gasteiger partial charge in [0.2, 0.25) is 5.91 Å². The number of benzene rings is 1. The lowest BCUT2D eigenvalue weighted by Crippen LogP contribution is -2.53. The van der Waals surface area contributed by atoms with Crippen LogP contribution in [0.5, 0.6) is 0 Å². The van der Waals surface area contributed by atoms with Crippen molar-refractivity contribution in [1.29, 1.82) is 0 Å². The van der Waals surface area contributed by atoms with E-state index in [1.807, 2.05) is 12.1 Å². The van der Waals surface area contributed by atoms with Crippen LogP contribution in [0.25, 0.3) is 0 Å². The van der Waals surface area contributed by atoms with Crippen LogP contribution in [0.2, 0.25) is 0 Å². The number of piperidine rings is 1. The fraction of sp³-hybridized carbons (Fsp3) is 0.696. The van der Waals surface area contributed by atoms with Crippen LogP contribution >= 0.6 is 0 Å². The Labute approximate surface area is 174 Å². The highest BCUT2D eigenvalue weighted by molar-refractivity contribution is 5.82. The van der Waals surface area contributed by atoms with E-state index in [0.29, 0.717) is 31.6 Å². The van der Waals surface area contributed by atoms with Gasteiger partial charge in [-0.25, -0.2) is 0 Å². The lowest BCUT2D eigenvalue weighted by Gasteiger charge is -2.42. The first kappa shape index (κ1) is 20.8. The zero-order valence-corrected chi connectivity index (χ0v) is 17.6. The van der Waals surface area contributed by atoms with Crippen LogP contribution < -0.4 is 5.32 Å². The highest BCUT2D eigenvalue weighted by atomic mass is 16.5. The number of hydrogen-bond donors (Lipinski definition) is 2. The molecular formula is C23H35N3O3. The Morgan fingerprint density at radius 2 is 1.93 bits per heavy atom. The van der Waals surface area contributed by atoms with E-state index in [2.05, 4.69) is 34.2 Å². The predicted molar refractivity (Wildman–Crippen MR) is 113 cm³/mol. The maximum Gasteiger partial charge on any atom is 0.237 e. The third-order valence-electron chi connectivity index (χ3n) is 6.84. The summed E-state index contributed by atoms with van der Waals surface area (Å²) in [6.45, 7) is 7.15. The molecule has 1 amide bonds. The van der Waals surface area contributed by atoms with Crippen molar-refractivity contribution in [2.45, 2.75) is 69.8 Å². The summed E-state index contributed by atoms with van der Waals surface area (Å²) in [6.07, 6.45) is 4.56. The Balaban J connectivity index is 1.31. The zero-order valence-electron chi connectivity index (χ0n) is 17.6. The molecule has 1 aromatic rings. The van der Waals surface area contributed by atoms with Crippen molar-refractivity contribution in [2.24, 2.45) is 0 Å². The third kappa shape index (κ3) is 5.18. The molecule has 160 valence electrons. The van der Waals surface area contributed by atoms with E-state index in [9.17, 15) is 9.90 Å². The molecule has 6 heteroatoms. The molecule has 3 fully saturated rings. The molecule has 6 nitrogen and oxygen atoms in total. The molecule has 3 aliphatic heterocycles. The van der Waals surface area contributed by atoms with Crippen molar-refractivity contribution in [1.82, 2.24) is 15.1 Å². The standard InChI is InChI=1S/C23H35N3O3/c1-17-3-2-4-18(13-17)15-24-23(28)22-14-21(27)16-26(22)20-5-9-25(10-6-20)19-7-11-29-12-8-19/h2-4,13,19-22,27H,5-12,14-16H2,1H3,(H,24,28)/t21-,22+/m1/s1. The van der Waals surface area contributed by atoms with Crippen LogP contribution in [0.1, 0.15) is 43.2 Å². The Hall–Kier alpha value is -1.47. The van der Waals surface area contributed by atoms with Crippen LogP contribution in [-0.2, 0) is 16.1 Å². The molecule has 29 heavy (non-hydrogen) atoms. The van der Waals surface area contributed by atoms with Crippen LogP contribution in [0, 0.1) is 6.92 Å². The summed E-state index contributed by atoms with van der Waals surface area (Å²) in [6, 6.07) is 9.06. The van der Waals surface area contributed by atoms with Crippen molar-refractivity contribution < 1.29 is 14.6 Å². The monoisotopic (exact) mass is 401 g/mol. The van der Waals surface area contributed by atoms with Crippen LogP contribution in [-0.4, -0.2) is 77.9 Å². The molecule has 0 unspecified atom stereocenters. The molecule has 0 aliphatic carbocycles. The van der Waals surface area contributed by atoms with E-state index in [4.69, 9.17) is 4.74 Å². The van der Waals surface area contributed by atoms with Gasteiger partial charge in [0, 0.05) is 38.4 Å². The summed E-state index contributed by atoms with van der Waals surface area (Å²) < 4.78 is 5.50. The fourth-order valence-corrected chi connectivity index (χ4v) is 5.26. The number of aliphatic hydroxyl groups is 1. The number of nitrogens with zero attached hydrogens (tertiary/aromatic N) is 2. The average Bonchev–Trinajstić information content (AvgIpc) is 3.15. The largest absolute Gasteiger partial charge is 0.392 e. The minimum absolute atomic E-state index is 0.0508. The predicted octanol–water partition coefficient (Wildman–Crippen LogP) is 1.69. The second-order valence-electron chi connectivity index (χ2n) is 8.92. The maximum atomic E-state index is 12.9. The van der Waals surface area contributed by atoms with Crippen LogP contribution in [0.3, 0.4) is 0 Å². The van der Waals surface area contributed by atoms with E-state index in [1.54, 1.807) is 0 Å². The summed E-state index contributed by atoms with van der Waals surface area (Å²) in [7, 11) is 0. The maximum absolute atomic E-state index is 12.9. The van der Waals surface area contributed by atoms with Gasteiger partial charge in [-0.3, -0.25) is 9.69 Å². The summed E-state index contributed by atoms with van der Waals surface area (Å²) in [5.74, 6) is 0.0508. The van der Waals surface area contributed by atoms with E-state index in [-0.39, 0.29) is 11.9 Å². The lowest BCUT2D eigenvalue weighted by molar-refractivity contribution is -0.126. The van der Waals surface area contributed by atoms with E-state index < -0.39 is 6.10 Å². The number of rotatable bonds is 5. The molecule has 0 saturated carbocycles.